The zero-order valence-electron chi connectivity index (χ0n) is 18.9. The molecule has 1 fully saturated rings. The molecule has 0 radical (unpaired) electrons. The number of benzene rings is 1. The molecule has 32 heavy (non-hydrogen) atoms. The van der Waals surface area contributed by atoms with Crippen molar-refractivity contribution in [2.75, 3.05) is 44.2 Å². The van der Waals surface area contributed by atoms with E-state index in [-0.39, 0.29) is 11.5 Å². The number of aryl methyl sites for hydroxylation is 1. The second kappa shape index (κ2) is 9.53. The van der Waals surface area contributed by atoms with Gasteiger partial charge in [0.05, 0.1) is 11.4 Å². The molecular formula is C25H31N5O2. The Morgan fingerprint density at radius 2 is 1.97 bits per heavy atom. The predicted molar refractivity (Wildman–Crippen MR) is 130 cm³/mol. The molecule has 1 aromatic carbocycles. The molecule has 1 saturated heterocycles. The van der Waals surface area contributed by atoms with Gasteiger partial charge in [-0.3, -0.25) is 19.5 Å². The Hall–Kier alpha value is -3.19. The van der Waals surface area contributed by atoms with Crippen molar-refractivity contribution in [3.63, 3.8) is 0 Å². The van der Waals surface area contributed by atoms with Crippen LogP contribution in [0.25, 0.3) is 6.08 Å². The van der Waals surface area contributed by atoms with Crippen molar-refractivity contribution >= 4 is 30.1 Å². The summed E-state index contributed by atoms with van der Waals surface area (Å²) in [6.45, 7) is 13.0. The minimum Gasteiger partial charge on any atom is -0.369 e. The van der Waals surface area contributed by atoms with Crippen LogP contribution in [-0.4, -0.2) is 61.8 Å². The average Bonchev–Trinajstić information content (AvgIpc) is 2.79. The number of nitrogens with zero attached hydrogens (tertiary/aromatic N) is 3. The fourth-order valence-electron chi connectivity index (χ4n) is 4.50. The molecule has 0 spiro atoms. The maximum Gasteiger partial charge on any atom is 0.251 e. The SMILES string of the molecule is C=Nc1cc(CC)c(=O)[nH]c1/C=C(\C)CN1CCN(c2ccc3c(c2)CCNC3=O)CC1. The van der Waals surface area contributed by atoms with Gasteiger partial charge in [-0.1, -0.05) is 12.5 Å². The van der Waals surface area contributed by atoms with Gasteiger partial charge in [0.1, 0.15) is 0 Å². The summed E-state index contributed by atoms with van der Waals surface area (Å²) < 4.78 is 0. The number of hydrogen-bond acceptors (Lipinski definition) is 5. The number of nitrogens with one attached hydrogen (secondary N) is 2. The smallest absolute Gasteiger partial charge is 0.251 e. The largest absolute Gasteiger partial charge is 0.369 e. The number of amides is 1. The first-order chi connectivity index (χ1) is 15.5. The summed E-state index contributed by atoms with van der Waals surface area (Å²) in [6, 6.07) is 8.01. The molecule has 4 rings (SSSR count). The van der Waals surface area contributed by atoms with Crippen LogP contribution >= 0.6 is 0 Å². The zero-order valence-corrected chi connectivity index (χ0v) is 18.9. The van der Waals surface area contributed by atoms with Gasteiger partial charge in [0.15, 0.2) is 0 Å². The summed E-state index contributed by atoms with van der Waals surface area (Å²) in [5.41, 5.74) is 6.41. The van der Waals surface area contributed by atoms with Crippen LogP contribution in [0, 0.1) is 0 Å². The third kappa shape index (κ3) is 4.67. The number of anilines is 1. The maximum atomic E-state index is 12.2. The number of fused-ring (bicyclic) bond motifs is 1. The number of aromatic nitrogens is 1. The molecule has 2 aliphatic rings. The van der Waals surface area contributed by atoms with Crippen molar-refractivity contribution in [3.8, 4) is 0 Å². The number of hydrogen-bond donors (Lipinski definition) is 2. The molecule has 0 aliphatic carbocycles. The number of aliphatic imine (C=N–C) groups is 1. The second-order valence-electron chi connectivity index (χ2n) is 8.54. The summed E-state index contributed by atoms with van der Waals surface area (Å²) in [6.07, 6.45) is 3.57. The van der Waals surface area contributed by atoms with Crippen LogP contribution in [0.5, 0.6) is 0 Å². The Kier molecular flexibility index (Phi) is 6.55. The molecule has 7 heteroatoms. The number of piperazine rings is 1. The number of carbonyl (C=O) groups excluding carboxylic acids is 1. The quantitative estimate of drug-likeness (QED) is 0.687. The van der Waals surface area contributed by atoms with Crippen molar-refractivity contribution in [1.82, 2.24) is 15.2 Å². The van der Waals surface area contributed by atoms with Crippen molar-refractivity contribution in [3.05, 3.63) is 62.6 Å². The van der Waals surface area contributed by atoms with Gasteiger partial charge in [0.2, 0.25) is 0 Å². The van der Waals surface area contributed by atoms with Crippen molar-refractivity contribution in [1.29, 1.82) is 0 Å². The van der Waals surface area contributed by atoms with E-state index >= 15 is 0 Å². The molecule has 168 valence electrons. The van der Waals surface area contributed by atoms with E-state index in [4.69, 9.17) is 0 Å². The van der Waals surface area contributed by atoms with Crippen LogP contribution in [-0.2, 0) is 12.8 Å². The second-order valence-corrected chi connectivity index (χ2v) is 8.54. The highest BCUT2D eigenvalue weighted by molar-refractivity contribution is 5.97. The Morgan fingerprint density at radius 3 is 2.69 bits per heavy atom. The van der Waals surface area contributed by atoms with Crippen LogP contribution in [0.1, 0.15) is 41.0 Å². The van der Waals surface area contributed by atoms with E-state index in [1.807, 2.05) is 25.1 Å². The lowest BCUT2D eigenvalue weighted by molar-refractivity contribution is 0.0946. The zero-order chi connectivity index (χ0) is 22.7. The molecule has 2 aromatic rings. The molecule has 7 nitrogen and oxygen atoms in total. The highest BCUT2D eigenvalue weighted by Gasteiger charge is 2.21. The van der Waals surface area contributed by atoms with Crippen LogP contribution in [0.3, 0.4) is 0 Å². The molecule has 1 amide bonds. The van der Waals surface area contributed by atoms with Crippen molar-refractivity contribution in [2.45, 2.75) is 26.7 Å². The van der Waals surface area contributed by atoms with Gasteiger partial charge in [0, 0.05) is 56.1 Å². The van der Waals surface area contributed by atoms with Crippen LogP contribution in [0.2, 0.25) is 0 Å². The fraction of sp³-hybridized carbons (Fsp3) is 0.400. The summed E-state index contributed by atoms with van der Waals surface area (Å²) in [4.78, 5) is 36.0. The number of carbonyl (C=O) groups is 1. The molecule has 1 aromatic heterocycles. The van der Waals surface area contributed by atoms with Crippen molar-refractivity contribution in [2.24, 2.45) is 4.99 Å². The molecular weight excluding hydrogens is 402 g/mol. The van der Waals surface area contributed by atoms with E-state index in [1.165, 1.54) is 11.3 Å². The minimum atomic E-state index is -0.0601. The maximum absolute atomic E-state index is 12.2. The Bertz CT molecular complexity index is 1110. The van der Waals surface area contributed by atoms with E-state index in [0.29, 0.717) is 18.7 Å². The third-order valence-corrected chi connectivity index (χ3v) is 6.29. The van der Waals surface area contributed by atoms with Gasteiger partial charge in [-0.25, -0.2) is 0 Å². The van der Waals surface area contributed by atoms with E-state index in [9.17, 15) is 9.59 Å². The number of H-pyrrole nitrogens is 1. The van der Waals surface area contributed by atoms with Gasteiger partial charge in [0.25, 0.3) is 11.5 Å². The predicted octanol–water partition coefficient (Wildman–Crippen LogP) is 2.78. The third-order valence-electron chi connectivity index (χ3n) is 6.29. The highest BCUT2D eigenvalue weighted by Crippen LogP contribution is 2.24. The fourth-order valence-corrected chi connectivity index (χ4v) is 4.50. The average molecular weight is 434 g/mol. The van der Waals surface area contributed by atoms with Gasteiger partial charge >= 0.3 is 0 Å². The monoisotopic (exact) mass is 433 g/mol. The summed E-state index contributed by atoms with van der Waals surface area (Å²) >= 11 is 0. The van der Waals surface area contributed by atoms with Gasteiger partial charge < -0.3 is 15.2 Å². The first-order valence-corrected chi connectivity index (χ1v) is 11.3. The molecule has 2 aliphatic heterocycles. The van der Waals surface area contributed by atoms with E-state index < -0.39 is 0 Å². The Morgan fingerprint density at radius 1 is 1.19 bits per heavy atom. The van der Waals surface area contributed by atoms with Gasteiger partial charge in [-0.05, 0) is 62.4 Å². The molecule has 0 unspecified atom stereocenters. The van der Waals surface area contributed by atoms with Crippen LogP contribution < -0.4 is 15.8 Å². The number of pyridine rings is 1. The van der Waals surface area contributed by atoms with Gasteiger partial charge in [-0.15, -0.1) is 0 Å². The molecule has 0 bridgehead atoms. The van der Waals surface area contributed by atoms with Crippen LogP contribution in [0.4, 0.5) is 11.4 Å². The van der Waals surface area contributed by atoms with Crippen LogP contribution in [0.15, 0.2) is 39.6 Å². The molecule has 0 atom stereocenters. The lowest BCUT2D eigenvalue weighted by Gasteiger charge is -2.36. The Labute approximate surface area is 188 Å². The van der Waals surface area contributed by atoms with E-state index in [2.05, 4.69) is 50.9 Å². The summed E-state index contributed by atoms with van der Waals surface area (Å²) in [5.74, 6) is 0.0328. The first kappa shape index (κ1) is 22.0. The van der Waals surface area contributed by atoms with Crippen molar-refractivity contribution < 1.29 is 4.79 Å². The van der Waals surface area contributed by atoms with E-state index in [1.54, 1.807) is 0 Å². The summed E-state index contributed by atoms with van der Waals surface area (Å²) in [5, 5.41) is 2.90. The first-order valence-electron chi connectivity index (χ1n) is 11.3. The summed E-state index contributed by atoms with van der Waals surface area (Å²) in [7, 11) is 0. The number of rotatable bonds is 6. The molecule has 3 heterocycles. The topological polar surface area (TPSA) is 80.8 Å². The normalized spacial score (nSPS) is 17.1. The molecule has 0 saturated carbocycles. The number of aromatic amines is 1. The lowest BCUT2D eigenvalue weighted by atomic mass is 9.99. The lowest BCUT2D eigenvalue weighted by Crippen LogP contribution is -2.47. The Balaban J connectivity index is 1.39. The highest BCUT2D eigenvalue weighted by atomic mass is 16.1. The molecule has 2 N–H and O–H groups in total. The minimum absolute atomic E-state index is 0.0328. The van der Waals surface area contributed by atoms with E-state index in [0.717, 1.165) is 61.5 Å². The standard InChI is InChI=1S/C25H31N5O2/c1-4-18-15-22(26-3)23(28-24(18)31)13-17(2)16-29-9-11-30(12-10-29)20-5-6-21-19(14-20)7-8-27-25(21)32/h5-6,13-15H,3-4,7-12,16H2,1-2H3,(H,27,32)(H,28,31)/b17-13+. The van der Waals surface area contributed by atoms with Gasteiger partial charge in [-0.2, -0.15) is 0 Å².